The van der Waals surface area contributed by atoms with Crippen molar-refractivity contribution >= 4 is 0 Å². The van der Waals surface area contributed by atoms with Crippen LogP contribution in [0.1, 0.15) is 0 Å². The lowest BCUT2D eigenvalue weighted by Crippen LogP contribution is -1.85. The molecule has 0 aliphatic heterocycles. The number of hydrogen-bond donors (Lipinski definition) is 7. The van der Waals surface area contributed by atoms with Gasteiger partial charge in [-0.05, 0) is 53.6 Å². The second kappa shape index (κ2) is 5.72. The van der Waals surface area contributed by atoms with Crippen molar-refractivity contribution in [3.8, 4) is 62.5 Å². The van der Waals surface area contributed by atoms with Gasteiger partial charge in [-0.25, -0.2) is 0 Å². The lowest BCUT2D eigenvalue weighted by molar-refractivity contribution is 0.369. The highest BCUT2D eigenvalue weighted by atomic mass is 16.3. The van der Waals surface area contributed by atoms with Gasteiger partial charge in [-0.3, -0.25) is 0 Å². The van der Waals surface area contributed by atoms with Crippen molar-refractivity contribution in [2.24, 2.45) is 0 Å². The van der Waals surface area contributed by atoms with Crippen LogP contribution in [0.25, 0.3) is 22.3 Å². The molecule has 0 amide bonds. The minimum atomic E-state index is -0.701. The smallest absolute Gasteiger partial charge is 0.200 e. The third-order valence-corrected chi connectivity index (χ3v) is 3.80. The zero-order valence-electron chi connectivity index (χ0n) is 12.7. The van der Waals surface area contributed by atoms with E-state index in [1.54, 1.807) is 0 Å². The molecule has 7 N–H and O–H groups in total. The zero-order valence-corrected chi connectivity index (χ0v) is 12.7. The summed E-state index contributed by atoms with van der Waals surface area (Å²) in [5.74, 6) is -3.75. The Kier molecular flexibility index (Phi) is 3.69. The number of aromatic hydroxyl groups is 7. The summed E-state index contributed by atoms with van der Waals surface area (Å²) in [6, 6.07) is 9.15. The highest BCUT2D eigenvalue weighted by Gasteiger charge is 2.17. The SMILES string of the molecule is Oc1cc(-c2ccc(O)c(O)c2O)cc(-c2ccc(O)c(O)c2O)c1. The lowest BCUT2D eigenvalue weighted by atomic mass is 9.96. The molecule has 25 heavy (non-hydrogen) atoms. The molecule has 0 heterocycles. The molecule has 0 bridgehead atoms. The van der Waals surface area contributed by atoms with Crippen molar-refractivity contribution in [2.75, 3.05) is 0 Å². The van der Waals surface area contributed by atoms with E-state index >= 15 is 0 Å². The summed E-state index contributed by atoms with van der Waals surface area (Å²) >= 11 is 0. The molecule has 0 unspecified atom stereocenters. The Morgan fingerprint density at radius 2 is 0.840 bits per heavy atom. The number of phenols is 7. The summed E-state index contributed by atoms with van der Waals surface area (Å²) in [5, 5.41) is 68.1. The molecule has 0 fully saturated rings. The minimum Gasteiger partial charge on any atom is -0.508 e. The fraction of sp³-hybridized carbons (Fsp3) is 0. The summed E-state index contributed by atoms with van der Waals surface area (Å²) in [7, 11) is 0. The summed E-state index contributed by atoms with van der Waals surface area (Å²) in [5.41, 5.74) is 0.842. The van der Waals surface area contributed by atoms with Gasteiger partial charge in [-0.15, -0.1) is 0 Å². The Balaban J connectivity index is 2.21. The average molecular weight is 342 g/mol. The average Bonchev–Trinajstić information content (AvgIpc) is 2.57. The van der Waals surface area contributed by atoms with Crippen LogP contribution in [0.2, 0.25) is 0 Å². The van der Waals surface area contributed by atoms with Gasteiger partial charge in [0.1, 0.15) is 5.75 Å². The molecule has 128 valence electrons. The van der Waals surface area contributed by atoms with E-state index in [9.17, 15) is 35.7 Å². The highest BCUT2D eigenvalue weighted by Crippen LogP contribution is 2.46. The Morgan fingerprint density at radius 3 is 1.24 bits per heavy atom. The van der Waals surface area contributed by atoms with E-state index < -0.39 is 34.5 Å². The molecular weight excluding hydrogens is 328 g/mol. The molecule has 3 aromatic carbocycles. The van der Waals surface area contributed by atoms with Crippen LogP contribution < -0.4 is 0 Å². The van der Waals surface area contributed by atoms with Gasteiger partial charge < -0.3 is 35.7 Å². The van der Waals surface area contributed by atoms with Crippen LogP contribution in [0.15, 0.2) is 42.5 Å². The molecule has 0 saturated carbocycles. The monoisotopic (exact) mass is 342 g/mol. The van der Waals surface area contributed by atoms with Crippen molar-refractivity contribution in [1.29, 1.82) is 0 Å². The molecule has 0 aromatic heterocycles. The van der Waals surface area contributed by atoms with Crippen LogP contribution in [0, 0.1) is 0 Å². The quantitative estimate of drug-likeness (QED) is 0.355. The van der Waals surface area contributed by atoms with Crippen molar-refractivity contribution in [1.82, 2.24) is 0 Å². The van der Waals surface area contributed by atoms with Crippen LogP contribution in [0.5, 0.6) is 40.2 Å². The zero-order chi connectivity index (χ0) is 18.3. The lowest BCUT2D eigenvalue weighted by Gasteiger charge is -2.12. The molecular formula is C18H14O7. The topological polar surface area (TPSA) is 142 Å². The van der Waals surface area contributed by atoms with E-state index in [1.165, 1.54) is 42.5 Å². The number of rotatable bonds is 2. The van der Waals surface area contributed by atoms with E-state index in [1.807, 2.05) is 0 Å². The predicted octanol–water partition coefficient (Wildman–Crippen LogP) is 2.96. The third kappa shape index (κ3) is 2.67. The highest BCUT2D eigenvalue weighted by molar-refractivity contribution is 5.83. The van der Waals surface area contributed by atoms with Gasteiger partial charge in [0.2, 0.25) is 11.5 Å². The normalized spacial score (nSPS) is 10.7. The Bertz CT molecular complexity index is 904. The Morgan fingerprint density at radius 1 is 0.440 bits per heavy atom. The first kappa shape index (κ1) is 16.1. The van der Waals surface area contributed by atoms with Gasteiger partial charge >= 0.3 is 0 Å². The molecule has 0 aliphatic carbocycles. The second-order valence-electron chi connectivity index (χ2n) is 5.43. The Labute approximate surface area is 141 Å². The van der Waals surface area contributed by atoms with Crippen molar-refractivity contribution in [2.45, 2.75) is 0 Å². The molecule has 7 heteroatoms. The van der Waals surface area contributed by atoms with Gasteiger partial charge in [-0.2, -0.15) is 0 Å². The largest absolute Gasteiger partial charge is 0.508 e. The molecule has 0 aliphatic rings. The molecule has 7 nitrogen and oxygen atoms in total. The maximum absolute atomic E-state index is 10.0. The summed E-state index contributed by atoms with van der Waals surface area (Å²) in [6.07, 6.45) is 0. The second-order valence-corrected chi connectivity index (χ2v) is 5.43. The van der Waals surface area contributed by atoms with Crippen molar-refractivity contribution in [3.63, 3.8) is 0 Å². The van der Waals surface area contributed by atoms with Crippen LogP contribution in [-0.4, -0.2) is 35.7 Å². The molecule has 0 radical (unpaired) electrons. The first-order chi connectivity index (χ1) is 11.8. The van der Waals surface area contributed by atoms with Gasteiger partial charge in [0, 0.05) is 11.1 Å². The number of benzene rings is 3. The van der Waals surface area contributed by atoms with E-state index in [0.717, 1.165) is 0 Å². The van der Waals surface area contributed by atoms with E-state index in [2.05, 4.69) is 0 Å². The van der Waals surface area contributed by atoms with E-state index in [4.69, 9.17) is 0 Å². The third-order valence-electron chi connectivity index (χ3n) is 3.80. The molecule has 3 aromatic rings. The predicted molar refractivity (Wildman–Crippen MR) is 89.0 cm³/mol. The van der Waals surface area contributed by atoms with Gasteiger partial charge in [0.25, 0.3) is 0 Å². The fourth-order valence-corrected chi connectivity index (χ4v) is 2.53. The number of hydrogen-bond acceptors (Lipinski definition) is 7. The van der Waals surface area contributed by atoms with Gasteiger partial charge in [0.05, 0.1) is 0 Å². The van der Waals surface area contributed by atoms with Crippen LogP contribution in [-0.2, 0) is 0 Å². The maximum Gasteiger partial charge on any atom is 0.200 e. The summed E-state index contributed by atoms with van der Waals surface area (Å²) < 4.78 is 0. The molecule has 3 rings (SSSR count). The van der Waals surface area contributed by atoms with Crippen LogP contribution in [0.4, 0.5) is 0 Å². The van der Waals surface area contributed by atoms with E-state index in [0.29, 0.717) is 0 Å². The van der Waals surface area contributed by atoms with Gasteiger partial charge in [0.15, 0.2) is 23.0 Å². The first-order valence-corrected chi connectivity index (χ1v) is 7.12. The molecule has 0 saturated heterocycles. The van der Waals surface area contributed by atoms with E-state index in [-0.39, 0.29) is 28.0 Å². The van der Waals surface area contributed by atoms with Crippen molar-refractivity contribution < 1.29 is 35.7 Å². The van der Waals surface area contributed by atoms with Gasteiger partial charge in [-0.1, -0.05) is 0 Å². The molecule has 0 atom stereocenters. The summed E-state index contributed by atoms with van der Waals surface area (Å²) in [6.45, 7) is 0. The fourth-order valence-electron chi connectivity index (χ4n) is 2.53. The standard InChI is InChI=1S/C18H14O7/c19-10-6-8(11-1-3-13(20)17(24)15(11)22)5-9(7-10)12-2-4-14(21)18(25)16(12)23/h1-7,19-25H. The maximum atomic E-state index is 10.0. The summed E-state index contributed by atoms with van der Waals surface area (Å²) in [4.78, 5) is 0. The molecule has 0 spiro atoms. The number of phenolic OH excluding ortho intramolecular Hbond substituents is 7. The minimum absolute atomic E-state index is 0.134. The van der Waals surface area contributed by atoms with Crippen molar-refractivity contribution in [3.05, 3.63) is 42.5 Å². The first-order valence-electron chi connectivity index (χ1n) is 7.12. The Hall–Kier alpha value is -3.74. The van der Waals surface area contributed by atoms with Crippen LogP contribution in [0.3, 0.4) is 0 Å². The van der Waals surface area contributed by atoms with Crippen LogP contribution >= 0.6 is 0 Å².